The highest BCUT2D eigenvalue weighted by Crippen LogP contribution is 2.18. The number of thiophene rings is 1. The first-order chi connectivity index (χ1) is 9.62. The molecule has 0 bridgehead atoms. The van der Waals surface area contributed by atoms with Gasteiger partial charge in [0.05, 0.1) is 6.61 Å². The van der Waals surface area contributed by atoms with E-state index >= 15 is 0 Å². The second-order valence-electron chi connectivity index (χ2n) is 5.05. The molecule has 1 saturated heterocycles. The SMILES string of the molecule is COCC1CCCN(S(=O)(=O)NCCc2cccs2)C1. The fourth-order valence-electron chi connectivity index (χ4n) is 2.47. The van der Waals surface area contributed by atoms with Crippen molar-refractivity contribution < 1.29 is 13.2 Å². The molecule has 1 N–H and O–H groups in total. The lowest BCUT2D eigenvalue weighted by atomic mass is 10.0. The van der Waals surface area contributed by atoms with E-state index in [0.717, 1.165) is 19.3 Å². The van der Waals surface area contributed by atoms with Gasteiger partial charge in [0.1, 0.15) is 0 Å². The topological polar surface area (TPSA) is 58.6 Å². The summed E-state index contributed by atoms with van der Waals surface area (Å²) in [6.45, 7) is 2.24. The molecule has 5 nitrogen and oxygen atoms in total. The molecule has 0 amide bonds. The summed E-state index contributed by atoms with van der Waals surface area (Å²) in [7, 11) is -1.70. The maximum atomic E-state index is 12.2. The van der Waals surface area contributed by atoms with Crippen molar-refractivity contribution in [3.05, 3.63) is 22.4 Å². The zero-order chi connectivity index (χ0) is 14.4. The molecule has 0 aliphatic carbocycles. The van der Waals surface area contributed by atoms with Gasteiger partial charge in [-0.05, 0) is 36.6 Å². The second-order valence-corrected chi connectivity index (χ2v) is 7.84. The van der Waals surface area contributed by atoms with Gasteiger partial charge in [0, 0.05) is 31.6 Å². The van der Waals surface area contributed by atoms with E-state index in [1.165, 1.54) is 4.88 Å². The summed E-state index contributed by atoms with van der Waals surface area (Å²) < 4.78 is 33.9. The number of hydrogen-bond donors (Lipinski definition) is 1. The molecule has 0 aromatic carbocycles. The van der Waals surface area contributed by atoms with Crippen LogP contribution in [-0.2, 0) is 21.4 Å². The minimum atomic E-state index is -3.36. The average molecular weight is 318 g/mol. The van der Waals surface area contributed by atoms with Crippen molar-refractivity contribution in [3.8, 4) is 0 Å². The molecule has 1 aliphatic heterocycles. The molecule has 2 rings (SSSR count). The molecular formula is C13H22N2O3S2. The zero-order valence-electron chi connectivity index (χ0n) is 11.7. The predicted molar refractivity (Wildman–Crippen MR) is 81.1 cm³/mol. The maximum absolute atomic E-state index is 12.2. The number of piperidine rings is 1. The van der Waals surface area contributed by atoms with Crippen molar-refractivity contribution in [2.24, 2.45) is 5.92 Å². The Hall–Kier alpha value is -0.470. The third-order valence-electron chi connectivity index (χ3n) is 3.46. The Kier molecular flexibility index (Phi) is 5.98. The lowest BCUT2D eigenvalue weighted by Gasteiger charge is -2.31. The first-order valence-corrected chi connectivity index (χ1v) is 9.20. The van der Waals surface area contributed by atoms with Crippen molar-refractivity contribution in [3.63, 3.8) is 0 Å². The third kappa shape index (κ3) is 4.53. The molecule has 1 aliphatic rings. The number of nitrogens with one attached hydrogen (secondary N) is 1. The van der Waals surface area contributed by atoms with Crippen molar-refractivity contribution in [1.82, 2.24) is 9.03 Å². The Bertz CT molecular complexity index is 486. The van der Waals surface area contributed by atoms with Gasteiger partial charge in [0.15, 0.2) is 0 Å². The monoisotopic (exact) mass is 318 g/mol. The summed E-state index contributed by atoms with van der Waals surface area (Å²) in [5.41, 5.74) is 0. The van der Waals surface area contributed by atoms with Gasteiger partial charge in [-0.15, -0.1) is 11.3 Å². The lowest BCUT2D eigenvalue weighted by molar-refractivity contribution is 0.118. The van der Waals surface area contributed by atoms with Crippen LogP contribution in [0.25, 0.3) is 0 Å². The van der Waals surface area contributed by atoms with Crippen molar-refractivity contribution in [1.29, 1.82) is 0 Å². The summed E-state index contributed by atoms with van der Waals surface area (Å²) in [5.74, 6) is 0.308. The van der Waals surface area contributed by atoms with E-state index in [9.17, 15) is 8.42 Å². The number of nitrogens with zero attached hydrogens (tertiary/aromatic N) is 1. The summed E-state index contributed by atoms with van der Waals surface area (Å²) in [5, 5.41) is 2.00. The maximum Gasteiger partial charge on any atom is 0.279 e. The summed E-state index contributed by atoms with van der Waals surface area (Å²) in [6, 6.07) is 4.00. The van der Waals surface area contributed by atoms with Crippen LogP contribution in [0, 0.1) is 5.92 Å². The van der Waals surface area contributed by atoms with Gasteiger partial charge in [0.2, 0.25) is 0 Å². The van der Waals surface area contributed by atoms with Crippen molar-refractivity contribution >= 4 is 21.5 Å². The Morgan fingerprint density at radius 3 is 3.10 bits per heavy atom. The molecule has 1 unspecified atom stereocenters. The zero-order valence-corrected chi connectivity index (χ0v) is 13.4. The smallest absolute Gasteiger partial charge is 0.279 e. The minimum absolute atomic E-state index is 0.308. The number of hydrogen-bond acceptors (Lipinski definition) is 4. The molecule has 1 atom stereocenters. The van der Waals surface area contributed by atoms with Crippen LogP contribution in [0.15, 0.2) is 17.5 Å². The molecule has 7 heteroatoms. The molecule has 0 spiro atoms. The normalized spacial score (nSPS) is 21.1. The van der Waals surface area contributed by atoms with Crippen molar-refractivity contribution in [2.75, 3.05) is 33.4 Å². The van der Waals surface area contributed by atoms with Crippen LogP contribution in [0.3, 0.4) is 0 Å². The van der Waals surface area contributed by atoms with E-state index in [1.807, 2.05) is 17.5 Å². The van der Waals surface area contributed by atoms with E-state index in [2.05, 4.69) is 4.72 Å². The molecular weight excluding hydrogens is 296 g/mol. The lowest BCUT2D eigenvalue weighted by Crippen LogP contribution is -2.47. The van der Waals surface area contributed by atoms with Crippen LogP contribution in [0.2, 0.25) is 0 Å². The summed E-state index contributed by atoms with van der Waals surface area (Å²) >= 11 is 1.65. The van der Waals surface area contributed by atoms with E-state index in [1.54, 1.807) is 22.8 Å². The summed E-state index contributed by atoms with van der Waals surface area (Å²) in [6.07, 6.45) is 2.68. The first kappa shape index (κ1) is 15.9. The largest absolute Gasteiger partial charge is 0.384 e. The first-order valence-electron chi connectivity index (χ1n) is 6.88. The highest BCUT2D eigenvalue weighted by Gasteiger charge is 2.28. The molecule has 0 saturated carbocycles. The van der Waals surface area contributed by atoms with Crippen LogP contribution < -0.4 is 4.72 Å². The van der Waals surface area contributed by atoms with Gasteiger partial charge in [-0.3, -0.25) is 0 Å². The van der Waals surface area contributed by atoms with Crippen LogP contribution in [-0.4, -0.2) is 46.1 Å². The molecule has 20 heavy (non-hydrogen) atoms. The van der Waals surface area contributed by atoms with Gasteiger partial charge >= 0.3 is 0 Å². The van der Waals surface area contributed by atoms with E-state index in [0.29, 0.717) is 32.2 Å². The number of methoxy groups -OCH3 is 1. The Labute approximate surface area is 125 Å². The average Bonchev–Trinajstić information content (AvgIpc) is 2.92. The van der Waals surface area contributed by atoms with Crippen LogP contribution in [0.5, 0.6) is 0 Å². The van der Waals surface area contributed by atoms with Crippen LogP contribution in [0.4, 0.5) is 0 Å². The number of rotatable bonds is 7. The van der Waals surface area contributed by atoms with Gasteiger partial charge < -0.3 is 4.74 Å². The fraction of sp³-hybridized carbons (Fsp3) is 0.692. The standard InChI is InChI=1S/C13H22N2O3S2/c1-18-11-12-4-2-8-15(10-12)20(16,17)14-7-6-13-5-3-9-19-13/h3,5,9,12,14H,2,4,6-8,10-11H2,1H3. The van der Waals surface area contributed by atoms with Crippen LogP contribution >= 0.6 is 11.3 Å². The third-order valence-corrected chi connectivity index (χ3v) is 5.98. The second kappa shape index (κ2) is 7.51. The van der Waals surface area contributed by atoms with E-state index < -0.39 is 10.2 Å². The number of ether oxygens (including phenoxy) is 1. The van der Waals surface area contributed by atoms with Gasteiger partial charge in [0.25, 0.3) is 10.2 Å². The Morgan fingerprint density at radius 1 is 1.55 bits per heavy atom. The predicted octanol–water partition coefficient (Wildman–Crippen LogP) is 1.48. The molecule has 1 fully saturated rings. The molecule has 114 valence electrons. The molecule has 1 aromatic rings. The van der Waals surface area contributed by atoms with E-state index in [4.69, 9.17) is 4.74 Å². The van der Waals surface area contributed by atoms with Gasteiger partial charge in [-0.25, -0.2) is 4.72 Å². The van der Waals surface area contributed by atoms with Gasteiger partial charge in [-0.2, -0.15) is 12.7 Å². The van der Waals surface area contributed by atoms with Crippen molar-refractivity contribution in [2.45, 2.75) is 19.3 Å². The van der Waals surface area contributed by atoms with Crippen LogP contribution in [0.1, 0.15) is 17.7 Å². The highest BCUT2D eigenvalue weighted by atomic mass is 32.2. The Balaban J connectivity index is 1.82. The molecule has 0 radical (unpaired) electrons. The molecule has 1 aromatic heterocycles. The summed E-state index contributed by atoms with van der Waals surface area (Å²) in [4.78, 5) is 1.20. The molecule has 2 heterocycles. The fourth-order valence-corrected chi connectivity index (χ4v) is 4.49. The highest BCUT2D eigenvalue weighted by molar-refractivity contribution is 7.87. The van der Waals surface area contributed by atoms with Gasteiger partial charge in [-0.1, -0.05) is 6.07 Å². The minimum Gasteiger partial charge on any atom is -0.384 e. The van der Waals surface area contributed by atoms with E-state index in [-0.39, 0.29) is 0 Å². The quantitative estimate of drug-likeness (QED) is 0.828. The Morgan fingerprint density at radius 2 is 2.40 bits per heavy atom.